The van der Waals surface area contributed by atoms with Gasteiger partial charge in [-0.3, -0.25) is 9.59 Å². The molecule has 3 rings (SSSR count). The molecule has 8 nitrogen and oxygen atoms in total. The number of ketones is 1. The first-order chi connectivity index (χ1) is 16.4. The number of rotatable bonds is 10. The van der Waals surface area contributed by atoms with E-state index in [0.717, 1.165) is 0 Å². The van der Waals surface area contributed by atoms with Crippen molar-refractivity contribution in [2.75, 3.05) is 35.5 Å². The van der Waals surface area contributed by atoms with E-state index in [0.29, 0.717) is 5.56 Å². The van der Waals surface area contributed by atoms with Crippen LogP contribution in [-0.4, -0.2) is 46.9 Å². The van der Waals surface area contributed by atoms with E-state index >= 15 is 0 Å². The van der Waals surface area contributed by atoms with Gasteiger partial charge in [-0.2, -0.15) is 0 Å². The van der Waals surface area contributed by atoms with Gasteiger partial charge in [-0.25, -0.2) is 0 Å². The smallest absolute Gasteiger partial charge is 0.230 e. The number of methoxy groups -OCH3 is 5. The molecule has 1 atom stereocenters. The highest BCUT2D eigenvalue weighted by molar-refractivity contribution is 7.72. The highest BCUT2D eigenvalue weighted by Crippen LogP contribution is 2.44. The predicted octanol–water partition coefficient (Wildman–Crippen LogP) is 3.99. The van der Waals surface area contributed by atoms with Gasteiger partial charge in [0.25, 0.3) is 0 Å². The van der Waals surface area contributed by atoms with Crippen LogP contribution in [0.3, 0.4) is 0 Å². The second kappa shape index (κ2) is 10.9. The minimum atomic E-state index is -3.31. The minimum absolute atomic E-state index is 0.0206. The van der Waals surface area contributed by atoms with E-state index < -0.39 is 19.1 Å². The fraction of sp³-hybridized carbons (Fsp3) is 0.200. The SMILES string of the molecule is COc1cccc(OC)c1C(=O)[PH](=O)c1c(OC)cc(OC)c(C(=O)c2ccccc2)c1OC. The average molecular weight is 484 g/mol. The molecule has 3 aromatic rings. The van der Waals surface area contributed by atoms with Gasteiger partial charge in [0.2, 0.25) is 11.3 Å². The number of carbonyl (C=O) groups excluding carboxylic acids is 2. The summed E-state index contributed by atoms with van der Waals surface area (Å²) in [6.07, 6.45) is 0. The van der Waals surface area contributed by atoms with Crippen LogP contribution in [0.5, 0.6) is 28.7 Å². The summed E-state index contributed by atoms with van der Waals surface area (Å²) in [5.74, 6) is 0.170. The third-order valence-corrected chi connectivity index (χ3v) is 6.79. The quantitative estimate of drug-likeness (QED) is 0.315. The van der Waals surface area contributed by atoms with Crippen molar-refractivity contribution < 1.29 is 37.8 Å². The van der Waals surface area contributed by atoms with Gasteiger partial charge >= 0.3 is 0 Å². The molecule has 0 heterocycles. The summed E-state index contributed by atoms with van der Waals surface area (Å²) in [7, 11) is 3.56. The first kappa shape index (κ1) is 24.9. The summed E-state index contributed by atoms with van der Waals surface area (Å²) >= 11 is 0. The van der Waals surface area contributed by atoms with Crippen molar-refractivity contribution >= 4 is 24.4 Å². The molecule has 0 aliphatic rings. The van der Waals surface area contributed by atoms with Gasteiger partial charge in [0.1, 0.15) is 45.2 Å². The maximum atomic E-state index is 13.8. The molecule has 0 saturated carbocycles. The van der Waals surface area contributed by atoms with E-state index in [9.17, 15) is 14.2 Å². The lowest BCUT2D eigenvalue weighted by Gasteiger charge is -2.19. The number of hydrogen-bond acceptors (Lipinski definition) is 8. The van der Waals surface area contributed by atoms with Crippen molar-refractivity contribution in [1.29, 1.82) is 0 Å². The molecule has 3 aromatic carbocycles. The molecule has 0 fully saturated rings. The number of carbonyl (C=O) groups is 2. The Kier molecular flexibility index (Phi) is 7.97. The predicted molar refractivity (Wildman–Crippen MR) is 128 cm³/mol. The molecule has 0 aliphatic heterocycles. The number of ether oxygens (including phenoxy) is 5. The van der Waals surface area contributed by atoms with Crippen molar-refractivity contribution in [3.05, 3.63) is 71.3 Å². The second-order valence-corrected chi connectivity index (χ2v) is 8.57. The van der Waals surface area contributed by atoms with Crippen molar-refractivity contribution in [2.45, 2.75) is 0 Å². The van der Waals surface area contributed by atoms with Gasteiger partial charge in [0.05, 0.1) is 35.5 Å². The number of hydrogen-bond donors (Lipinski definition) is 0. The lowest BCUT2D eigenvalue weighted by Crippen LogP contribution is -2.17. The summed E-state index contributed by atoms with van der Waals surface area (Å²) < 4.78 is 40.8. The maximum Gasteiger partial charge on any atom is 0.230 e. The maximum absolute atomic E-state index is 13.8. The van der Waals surface area contributed by atoms with E-state index in [2.05, 4.69) is 0 Å². The molecule has 0 aromatic heterocycles. The molecule has 34 heavy (non-hydrogen) atoms. The summed E-state index contributed by atoms with van der Waals surface area (Å²) in [5, 5.41) is -0.0342. The van der Waals surface area contributed by atoms with E-state index in [1.807, 2.05) is 0 Å². The Balaban J connectivity index is 2.27. The van der Waals surface area contributed by atoms with Crippen LogP contribution in [0.1, 0.15) is 26.3 Å². The zero-order chi connectivity index (χ0) is 24.8. The van der Waals surface area contributed by atoms with Crippen LogP contribution >= 0.6 is 7.80 Å². The summed E-state index contributed by atoms with van der Waals surface area (Å²) in [5.41, 5.74) is -0.316. The summed E-state index contributed by atoms with van der Waals surface area (Å²) in [6.45, 7) is 0. The summed E-state index contributed by atoms with van der Waals surface area (Å²) in [4.78, 5) is 26.9. The lowest BCUT2D eigenvalue weighted by molar-refractivity contribution is 0.103. The molecule has 0 N–H and O–H groups in total. The molecule has 0 aliphatic carbocycles. The molecule has 0 saturated heterocycles. The van der Waals surface area contributed by atoms with Crippen LogP contribution in [0.15, 0.2) is 54.6 Å². The van der Waals surface area contributed by atoms with Gasteiger partial charge in [0.15, 0.2) is 7.80 Å². The van der Waals surface area contributed by atoms with Crippen LogP contribution in [0.4, 0.5) is 0 Å². The Morgan fingerprint density at radius 2 is 1.21 bits per heavy atom. The van der Waals surface area contributed by atoms with Gasteiger partial charge in [-0.15, -0.1) is 0 Å². The van der Waals surface area contributed by atoms with Crippen LogP contribution in [-0.2, 0) is 4.57 Å². The third kappa shape index (κ3) is 4.50. The van der Waals surface area contributed by atoms with Crippen LogP contribution in [0.2, 0.25) is 0 Å². The van der Waals surface area contributed by atoms with Gasteiger partial charge in [-0.05, 0) is 12.1 Å². The molecule has 9 heteroatoms. The number of benzene rings is 3. The Morgan fingerprint density at radius 3 is 1.71 bits per heavy atom. The first-order valence-corrected chi connectivity index (χ1v) is 11.6. The summed E-state index contributed by atoms with van der Waals surface area (Å²) in [6, 6.07) is 14.7. The largest absolute Gasteiger partial charge is 0.496 e. The molecule has 0 bridgehead atoms. The molecule has 1 unspecified atom stereocenters. The van der Waals surface area contributed by atoms with E-state index in [1.54, 1.807) is 48.5 Å². The van der Waals surface area contributed by atoms with Gasteiger partial charge < -0.3 is 28.2 Å². The highest BCUT2D eigenvalue weighted by atomic mass is 31.1. The topological polar surface area (TPSA) is 97.4 Å². The second-order valence-electron chi connectivity index (χ2n) is 6.96. The van der Waals surface area contributed by atoms with Crippen molar-refractivity contribution in [1.82, 2.24) is 0 Å². The van der Waals surface area contributed by atoms with Crippen LogP contribution in [0, 0.1) is 0 Å². The van der Waals surface area contributed by atoms with E-state index in [1.165, 1.54) is 41.6 Å². The molecular formula is C25H25O8P. The molecule has 0 amide bonds. The third-order valence-electron chi connectivity index (χ3n) is 5.20. The minimum Gasteiger partial charge on any atom is -0.496 e. The Morgan fingerprint density at radius 1 is 0.647 bits per heavy atom. The van der Waals surface area contributed by atoms with Crippen molar-refractivity contribution in [3.8, 4) is 28.7 Å². The molecular weight excluding hydrogens is 459 g/mol. The monoisotopic (exact) mass is 484 g/mol. The van der Waals surface area contributed by atoms with E-state index in [-0.39, 0.29) is 45.2 Å². The standard InChI is InChI=1S/C25H25O8P/c1-29-16-12-9-13-17(30-2)20(16)25(27)34(28)24-19(32-4)14-18(31-3)21(23(24)33-5)22(26)15-10-7-6-8-11-15/h6-14,34H,1-5H3. The normalized spacial score (nSPS) is 11.3. The Hall–Kier alpha value is -3.77. The van der Waals surface area contributed by atoms with Crippen LogP contribution < -0.4 is 29.0 Å². The zero-order valence-electron chi connectivity index (χ0n) is 19.5. The van der Waals surface area contributed by atoms with E-state index in [4.69, 9.17) is 23.7 Å². The fourth-order valence-corrected chi connectivity index (χ4v) is 5.14. The lowest BCUT2D eigenvalue weighted by atomic mass is 10.0. The highest BCUT2D eigenvalue weighted by Gasteiger charge is 2.33. The molecule has 178 valence electrons. The molecule has 0 radical (unpaired) electrons. The Labute approximate surface area is 198 Å². The van der Waals surface area contributed by atoms with Crippen LogP contribution in [0.25, 0.3) is 0 Å². The first-order valence-electron chi connectivity index (χ1n) is 10.2. The Bertz CT molecular complexity index is 1220. The van der Waals surface area contributed by atoms with Gasteiger partial charge in [0, 0.05) is 11.6 Å². The zero-order valence-corrected chi connectivity index (χ0v) is 20.5. The fourth-order valence-electron chi connectivity index (χ4n) is 3.60. The van der Waals surface area contributed by atoms with Crippen molar-refractivity contribution in [2.24, 2.45) is 0 Å². The average Bonchev–Trinajstić information content (AvgIpc) is 2.90. The van der Waals surface area contributed by atoms with Crippen molar-refractivity contribution in [3.63, 3.8) is 0 Å². The van der Waals surface area contributed by atoms with Gasteiger partial charge in [-0.1, -0.05) is 36.4 Å². The molecule has 0 spiro atoms.